The monoisotopic (exact) mass is 407 g/mol. The third-order valence-electron chi connectivity index (χ3n) is 5.48. The summed E-state index contributed by atoms with van der Waals surface area (Å²) in [7, 11) is 0. The lowest BCUT2D eigenvalue weighted by Crippen LogP contribution is -2.45. The zero-order chi connectivity index (χ0) is 21.1. The molecule has 0 unspecified atom stereocenters. The molecule has 0 radical (unpaired) electrons. The first-order valence-electron chi connectivity index (χ1n) is 8.66. The highest BCUT2D eigenvalue weighted by Gasteiger charge is 2.51. The number of nitro benzene ring substituents is 1. The summed E-state index contributed by atoms with van der Waals surface area (Å²) in [5.41, 5.74) is -2.16. The van der Waals surface area contributed by atoms with Crippen molar-refractivity contribution in [3.8, 4) is 0 Å². The first-order chi connectivity index (χ1) is 13.6. The molecule has 0 amide bonds. The average Bonchev–Trinajstić information content (AvgIpc) is 2.70. The molecule has 0 N–H and O–H groups in total. The van der Waals surface area contributed by atoms with Gasteiger partial charge in [-0.25, -0.2) is 22.4 Å². The number of non-ortho nitro benzene ring substituents is 1. The van der Waals surface area contributed by atoms with E-state index in [2.05, 4.69) is 0 Å². The molecule has 2 aromatic carbocycles. The van der Waals surface area contributed by atoms with E-state index in [1.807, 2.05) is 0 Å². The van der Waals surface area contributed by atoms with E-state index in [9.17, 15) is 32.5 Å². The van der Waals surface area contributed by atoms with Crippen LogP contribution in [0.1, 0.15) is 46.7 Å². The molecule has 3 atom stereocenters. The average molecular weight is 407 g/mol. The quantitative estimate of drug-likeness (QED) is 0.138. The maximum atomic E-state index is 14.5. The van der Waals surface area contributed by atoms with Crippen molar-refractivity contribution >= 4 is 11.7 Å². The van der Waals surface area contributed by atoms with Crippen LogP contribution in [0.4, 0.5) is 23.2 Å². The molecule has 0 saturated carbocycles. The number of hydrogen-bond donors (Lipinski definition) is 0. The molecule has 0 aliphatic heterocycles. The van der Waals surface area contributed by atoms with Gasteiger partial charge in [-0.3, -0.25) is 10.1 Å². The van der Waals surface area contributed by atoms with E-state index in [-0.39, 0.29) is 28.8 Å². The van der Waals surface area contributed by atoms with Crippen molar-refractivity contribution in [2.24, 2.45) is 0 Å². The molecule has 0 fully saturated rings. The van der Waals surface area contributed by atoms with E-state index >= 15 is 0 Å². The van der Waals surface area contributed by atoms with Gasteiger partial charge in [0.05, 0.1) is 10.5 Å². The maximum absolute atomic E-state index is 14.5. The van der Waals surface area contributed by atoms with Crippen LogP contribution in [-0.4, -0.2) is 16.5 Å². The Kier molecular flexibility index (Phi) is 4.21. The largest absolute Gasteiger partial charge is 0.455 e. The van der Waals surface area contributed by atoms with E-state index in [4.69, 9.17) is 4.74 Å². The molecule has 0 aromatic heterocycles. The molecule has 0 saturated heterocycles. The lowest BCUT2D eigenvalue weighted by atomic mass is 9.63. The summed E-state index contributed by atoms with van der Waals surface area (Å²) in [5.74, 6) is -9.37. The van der Waals surface area contributed by atoms with Crippen molar-refractivity contribution in [3.05, 3.63) is 86.5 Å². The highest BCUT2D eigenvalue weighted by molar-refractivity contribution is 5.90. The van der Waals surface area contributed by atoms with Crippen LogP contribution in [0.3, 0.4) is 0 Å². The van der Waals surface area contributed by atoms with Gasteiger partial charge in [0.25, 0.3) is 5.69 Å². The number of rotatable bonds is 3. The van der Waals surface area contributed by atoms with Gasteiger partial charge < -0.3 is 4.74 Å². The number of carbonyl (C=O) groups is 1. The maximum Gasteiger partial charge on any atom is 0.338 e. The lowest BCUT2D eigenvalue weighted by Gasteiger charge is -2.46. The van der Waals surface area contributed by atoms with Gasteiger partial charge in [0.2, 0.25) is 0 Å². The van der Waals surface area contributed by atoms with Crippen LogP contribution in [0.15, 0.2) is 36.4 Å². The van der Waals surface area contributed by atoms with Crippen molar-refractivity contribution < 1.29 is 32.0 Å². The van der Waals surface area contributed by atoms with E-state index in [1.54, 1.807) is 6.08 Å². The first-order valence-corrected chi connectivity index (χ1v) is 8.66. The Bertz CT molecular complexity index is 1080. The van der Waals surface area contributed by atoms with Gasteiger partial charge in [0, 0.05) is 35.1 Å². The normalized spacial score (nSPS) is 24.3. The topological polar surface area (TPSA) is 69.4 Å². The van der Waals surface area contributed by atoms with Crippen molar-refractivity contribution in [1.29, 1.82) is 0 Å². The summed E-state index contributed by atoms with van der Waals surface area (Å²) in [4.78, 5) is 22.6. The fourth-order valence-corrected chi connectivity index (χ4v) is 4.11. The summed E-state index contributed by atoms with van der Waals surface area (Å²) in [5, 5.41) is 10.7. The highest BCUT2D eigenvalue weighted by atomic mass is 19.2. The minimum Gasteiger partial charge on any atom is -0.455 e. The van der Waals surface area contributed by atoms with Crippen molar-refractivity contribution in [2.45, 2.75) is 30.8 Å². The summed E-state index contributed by atoms with van der Waals surface area (Å²) in [6, 6.07) is 4.69. The molecule has 9 heteroatoms. The van der Waals surface area contributed by atoms with Gasteiger partial charge in [-0.05, 0) is 25.5 Å². The number of ether oxygens (including phenoxy) is 1. The zero-order valence-corrected chi connectivity index (χ0v) is 14.9. The minimum atomic E-state index is -1.91. The summed E-state index contributed by atoms with van der Waals surface area (Å²) in [6.07, 6.45) is 3.08. The third kappa shape index (κ3) is 2.80. The Balaban J connectivity index is 1.69. The van der Waals surface area contributed by atoms with Gasteiger partial charge in [-0.2, -0.15) is 0 Å². The molecule has 2 bridgehead atoms. The molecule has 5 rings (SSSR count). The Labute approximate surface area is 161 Å². The Morgan fingerprint density at radius 3 is 2.21 bits per heavy atom. The number of hydrogen-bond acceptors (Lipinski definition) is 4. The van der Waals surface area contributed by atoms with Crippen LogP contribution in [0.25, 0.3) is 0 Å². The van der Waals surface area contributed by atoms with Crippen LogP contribution in [0, 0.1) is 33.4 Å². The highest BCUT2D eigenvalue weighted by Crippen LogP contribution is 2.54. The van der Waals surface area contributed by atoms with Crippen LogP contribution in [0.2, 0.25) is 0 Å². The number of allylic oxidation sites excluding steroid dienone is 1. The number of nitrogens with zero attached hydrogens (tertiary/aromatic N) is 1. The number of fused-ring (bicyclic) bond motifs is 1. The van der Waals surface area contributed by atoms with E-state index < -0.39 is 51.6 Å². The van der Waals surface area contributed by atoms with Crippen molar-refractivity contribution in [2.75, 3.05) is 0 Å². The predicted molar refractivity (Wildman–Crippen MR) is 92.4 cm³/mol. The van der Waals surface area contributed by atoms with Gasteiger partial charge in [-0.15, -0.1) is 0 Å². The van der Waals surface area contributed by atoms with E-state index in [1.165, 1.54) is 25.1 Å². The van der Waals surface area contributed by atoms with E-state index in [0.717, 1.165) is 12.1 Å². The fourth-order valence-electron chi connectivity index (χ4n) is 4.11. The molecule has 2 aromatic rings. The van der Waals surface area contributed by atoms with Crippen LogP contribution >= 0.6 is 0 Å². The summed E-state index contributed by atoms with van der Waals surface area (Å²) in [6.45, 7) is 1.50. The first kappa shape index (κ1) is 19.1. The Hall–Kier alpha value is -3.23. The molecule has 0 spiro atoms. The van der Waals surface area contributed by atoms with Crippen LogP contribution in [-0.2, 0) is 4.74 Å². The fraction of sp³-hybridized carbons (Fsp3) is 0.250. The van der Waals surface area contributed by atoms with E-state index in [0.29, 0.717) is 0 Å². The molecule has 150 valence electrons. The zero-order valence-electron chi connectivity index (χ0n) is 14.9. The predicted octanol–water partition coefficient (Wildman–Crippen LogP) is 4.91. The lowest BCUT2D eigenvalue weighted by molar-refractivity contribution is -0.384. The van der Waals surface area contributed by atoms with Gasteiger partial charge in [-0.1, -0.05) is 12.2 Å². The van der Waals surface area contributed by atoms with Gasteiger partial charge >= 0.3 is 5.97 Å². The van der Waals surface area contributed by atoms with Gasteiger partial charge in [0.15, 0.2) is 23.3 Å². The van der Waals surface area contributed by atoms with Crippen LogP contribution in [0.5, 0.6) is 0 Å². The van der Waals surface area contributed by atoms with Gasteiger partial charge in [0.1, 0.15) is 5.60 Å². The molecular weight excluding hydrogens is 394 g/mol. The second kappa shape index (κ2) is 6.40. The minimum absolute atomic E-state index is 0.0272. The molecule has 3 aliphatic rings. The van der Waals surface area contributed by atoms with Crippen molar-refractivity contribution in [3.63, 3.8) is 0 Å². The number of nitro groups is 1. The number of benzene rings is 2. The second-order valence-electron chi connectivity index (χ2n) is 7.26. The number of esters is 1. The van der Waals surface area contributed by atoms with Crippen molar-refractivity contribution in [1.82, 2.24) is 0 Å². The Morgan fingerprint density at radius 2 is 1.62 bits per heavy atom. The number of carbonyl (C=O) groups excluding carboxylic acids is 1. The Morgan fingerprint density at radius 1 is 1.03 bits per heavy atom. The number of halogens is 4. The van der Waals surface area contributed by atoms with Crippen LogP contribution < -0.4 is 0 Å². The molecule has 3 aliphatic carbocycles. The standard InChI is InChI=1S/C20H13F4NO4/c1-20(29-19(26)9-2-5-11(6-3-9)25(27)28)8-10-4-7-12(20)14-13(10)15(21)17(23)18(24)16(14)22/h2-7,10,12H,8H2,1H3/t10-,12+,20+/m0/s1. The molecular formula is C20H13F4NO4. The third-order valence-corrected chi connectivity index (χ3v) is 5.48. The molecule has 5 nitrogen and oxygen atoms in total. The SMILES string of the molecule is C[C@@]1(OC(=O)c2ccc([N+](=O)[O-])cc2)C[C@@H]2C=C[C@@H]1c1c(F)c(F)c(F)c(F)c12. The summed E-state index contributed by atoms with van der Waals surface area (Å²) < 4.78 is 61.8. The molecule has 0 heterocycles. The smallest absolute Gasteiger partial charge is 0.338 e. The molecule has 29 heavy (non-hydrogen) atoms. The second-order valence-corrected chi connectivity index (χ2v) is 7.26. The summed E-state index contributed by atoms with van der Waals surface area (Å²) >= 11 is 0.